The van der Waals surface area contributed by atoms with E-state index in [1.54, 1.807) is 24.3 Å². The number of benzene rings is 3. The second-order valence-electron chi connectivity index (χ2n) is 7.15. The quantitative estimate of drug-likeness (QED) is 0.580. The highest BCUT2D eigenvalue weighted by molar-refractivity contribution is 7.92. The molecular weight excluding hydrogens is 396 g/mol. The third-order valence-electron chi connectivity index (χ3n) is 4.90. The van der Waals surface area contributed by atoms with Crippen LogP contribution in [0, 0.1) is 0 Å². The molecule has 0 radical (unpaired) electrons. The summed E-state index contributed by atoms with van der Waals surface area (Å²) < 4.78 is 26.0. The largest absolute Gasteiger partial charge is 0.345 e. The number of sulfonamides is 1. The molecule has 1 N–H and O–H groups in total. The molecule has 0 saturated carbocycles. The van der Waals surface area contributed by atoms with Crippen LogP contribution in [0.2, 0.25) is 0 Å². The first-order valence-electron chi connectivity index (χ1n) is 9.86. The Hall–Kier alpha value is -3.12. The normalized spacial score (nSPS) is 12.2. The predicted molar refractivity (Wildman–Crippen MR) is 121 cm³/mol. The van der Waals surface area contributed by atoms with Crippen molar-refractivity contribution in [1.82, 2.24) is 5.32 Å². The van der Waals surface area contributed by atoms with E-state index in [-0.39, 0.29) is 18.5 Å². The summed E-state index contributed by atoms with van der Waals surface area (Å²) >= 11 is 0. The van der Waals surface area contributed by atoms with E-state index in [0.717, 1.165) is 17.5 Å². The molecule has 156 valence electrons. The SMILES string of the molecule is CC[C@@H](NC(=O)c1ccc(N(Cc2ccccc2)S(C)(=O)=O)cc1)c1ccccc1. The van der Waals surface area contributed by atoms with Gasteiger partial charge in [-0.3, -0.25) is 9.10 Å². The number of hydrogen-bond donors (Lipinski definition) is 1. The number of nitrogens with one attached hydrogen (secondary N) is 1. The maximum Gasteiger partial charge on any atom is 0.251 e. The van der Waals surface area contributed by atoms with Crippen LogP contribution in [0.4, 0.5) is 5.69 Å². The van der Waals surface area contributed by atoms with Gasteiger partial charge in [0.25, 0.3) is 5.91 Å². The first-order chi connectivity index (χ1) is 14.4. The molecule has 0 aromatic heterocycles. The predicted octanol–water partition coefficient (Wildman–Crippen LogP) is 4.53. The minimum atomic E-state index is -3.48. The summed E-state index contributed by atoms with van der Waals surface area (Å²) in [6, 6.07) is 25.8. The van der Waals surface area contributed by atoms with Crippen molar-refractivity contribution in [3.63, 3.8) is 0 Å². The van der Waals surface area contributed by atoms with Crippen molar-refractivity contribution in [1.29, 1.82) is 0 Å². The lowest BCUT2D eigenvalue weighted by molar-refractivity contribution is 0.0935. The van der Waals surface area contributed by atoms with Gasteiger partial charge < -0.3 is 5.32 Å². The van der Waals surface area contributed by atoms with Gasteiger partial charge in [0.1, 0.15) is 0 Å². The number of amides is 1. The van der Waals surface area contributed by atoms with Crippen molar-refractivity contribution >= 4 is 21.6 Å². The van der Waals surface area contributed by atoms with E-state index in [0.29, 0.717) is 11.3 Å². The Morgan fingerprint density at radius 1 is 0.900 bits per heavy atom. The molecule has 0 aliphatic rings. The average molecular weight is 423 g/mol. The van der Waals surface area contributed by atoms with Crippen LogP contribution in [0.5, 0.6) is 0 Å². The van der Waals surface area contributed by atoms with Crippen molar-refractivity contribution in [2.45, 2.75) is 25.9 Å². The van der Waals surface area contributed by atoms with Crippen LogP contribution in [0.1, 0.15) is 40.9 Å². The van der Waals surface area contributed by atoms with E-state index in [1.807, 2.05) is 67.6 Å². The van der Waals surface area contributed by atoms with Crippen LogP contribution in [-0.4, -0.2) is 20.6 Å². The third kappa shape index (κ3) is 5.48. The van der Waals surface area contributed by atoms with E-state index in [1.165, 1.54) is 10.6 Å². The molecular formula is C24H26N2O3S. The highest BCUT2D eigenvalue weighted by Crippen LogP contribution is 2.22. The van der Waals surface area contributed by atoms with Crippen molar-refractivity contribution in [2.75, 3.05) is 10.6 Å². The first kappa shape index (κ1) is 21.6. The van der Waals surface area contributed by atoms with Gasteiger partial charge in [0.2, 0.25) is 10.0 Å². The highest BCUT2D eigenvalue weighted by Gasteiger charge is 2.19. The molecule has 0 aliphatic heterocycles. The summed E-state index contributed by atoms with van der Waals surface area (Å²) in [6.07, 6.45) is 1.95. The van der Waals surface area contributed by atoms with Gasteiger partial charge in [0.15, 0.2) is 0 Å². The summed E-state index contributed by atoms with van der Waals surface area (Å²) in [5, 5.41) is 3.05. The molecule has 1 atom stereocenters. The van der Waals surface area contributed by atoms with Crippen LogP contribution in [0.15, 0.2) is 84.9 Å². The number of nitrogens with zero attached hydrogens (tertiary/aromatic N) is 1. The molecule has 0 saturated heterocycles. The van der Waals surface area contributed by atoms with Crippen LogP contribution in [0.25, 0.3) is 0 Å². The van der Waals surface area contributed by atoms with Gasteiger partial charge in [-0.25, -0.2) is 8.42 Å². The summed E-state index contributed by atoms with van der Waals surface area (Å²) in [5.41, 5.74) is 2.95. The van der Waals surface area contributed by atoms with Crippen LogP contribution >= 0.6 is 0 Å². The lowest BCUT2D eigenvalue weighted by atomic mass is 10.0. The Morgan fingerprint density at radius 2 is 1.47 bits per heavy atom. The minimum absolute atomic E-state index is 0.0797. The monoisotopic (exact) mass is 422 g/mol. The molecule has 3 rings (SSSR count). The zero-order valence-corrected chi connectivity index (χ0v) is 18.0. The Balaban J connectivity index is 1.77. The third-order valence-corrected chi connectivity index (χ3v) is 6.04. The number of carbonyl (C=O) groups is 1. The molecule has 0 bridgehead atoms. The lowest BCUT2D eigenvalue weighted by Crippen LogP contribution is -2.30. The summed E-state index contributed by atoms with van der Waals surface area (Å²) in [4.78, 5) is 12.7. The van der Waals surface area contributed by atoms with E-state index in [4.69, 9.17) is 0 Å². The molecule has 0 unspecified atom stereocenters. The minimum Gasteiger partial charge on any atom is -0.345 e. The molecule has 3 aromatic rings. The topological polar surface area (TPSA) is 66.5 Å². The fraction of sp³-hybridized carbons (Fsp3) is 0.208. The Morgan fingerprint density at radius 3 is 2.00 bits per heavy atom. The number of rotatable bonds is 8. The van der Waals surface area contributed by atoms with Gasteiger partial charge in [-0.2, -0.15) is 0 Å². The Labute approximate surface area is 178 Å². The fourth-order valence-electron chi connectivity index (χ4n) is 3.28. The summed E-state index contributed by atoms with van der Waals surface area (Å²) in [7, 11) is -3.48. The molecule has 0 spiro atoms. The highest BCUT2D eigenvalue weighted by atomic mass is 32.2. The second-order valence-corrected chi connectivity index (χ2v) is 9.05. The first-order valence-corrected chi connectivity index (χ1v) is 11.7. The Kier molecular flexibility index (Phi) is 6.90. The number of anilines is 1. The van der Waals surface area contributed by atoms with Crippen LogP contribution in [-0.2, 0) is 16.6 Å². The van der Waals surface area contributed by atoms with Gasteiger partial charge >= 0.3 is 0 Å². The maximum atomic E-state index is 12.7. The fourth-order valence-corrected chi connectivity index (χ4v) is 4.16. The van der Waals surface area contributed by atoms with E-state index < -0.39 is 10.0 Å². The second kappa shape index (κ2) is 9.59. The summed E-state index contributed by atoms with van der Waals surface area (Å²) in [5.74, 6) is -0.189. The average Bonchev–Trinajstić information content (AvgIpc) is 2.76. The van der Waals surface area contributed by atoms with Gasteiger partial charge in [-0.15, -0.1) is 0 Å². The molecule has 30 heavy (non-hydrogen) atoms. The van der Waals surface area contributed by atoms with Crippen LogP contribution in [0.3, 0.4) is 0 Å². The molecule has 0 heterocycles. The smallest absolute Gasteiger partial charge is 0.251 e. The van der Waals surface area contributed by atoms with Crippen molar-refractivity contribution < 1.29 is 13.2 Å². The Bertz CT molecular complexity index is 1070. The van der Waals surface area contributed by atoms with Gasteiger partial charge in [-0.1, -0.05) is 67.6 Å². The van der Waals surface area contributed by atoms with E-state index in [2.05, 4.69) is 5.32 Å². The standard InChI is InChI=1S/C24H26N2O3S/c1-3-23(20-12-8-5-9-13-20)25-24(27)21-14-16-22(17-15-21)26(30(2,28)29)18-19-10-6-4-7-11-19/h4-17,23H,3,18H2,1-2H3,(H,25,27)/t23-/m1/s1. The molecule has 3 aromatic carbocycles. The lowest BCUT2D eigenvalue weighted by Gasteiger charge is -2.23. The molecule has 5 nitrogen and oxygen atoms in total. The summed E-state index contributed by atoms with van der Waals surface area (Å²) in [6.45, 7) is 2.26. The van der Waals surface area contributed by atoms with E-state index in [9.17, 15) is 13.2 Å². The molecule has 6 heteroatoms. The molecule has 0 aliphatic carbocycles. The number of carbonyl (C=O) groups excluding carboxylic acids is 1. The zero-order chi connectivity index (χ0) is 21.6. The van der Waals surface area contributed by atoms with Crippen LogP contribution < -0.4 is 9.62 Å². The van der Waals surface area contributed by atoms with Crippen molar-refractivity contribution in [2.24, 2.45) is 0 Å². The maximum absolute atomic E-state index is 12.7. The van der Waals surface area contributed by atoms with Gasteiger partial charge in [-0.05, 0) is 41.8 Å². The number of hydrogen-bond acceptors (Lipinski definition) is 3. The van der Waals surface area contributed by atoms with Gasteiger partial charge in [0.05, 0.1) is 24.5 Å². The zero-order valence-electron chi connectivity index (χ0n) is 17.2. The van der Waals surface area contributed by atoms with E-state index >= 15 is 0 Å². The van der Waals surface area contributed by atoms with Gasteiger partial charge in [0, 0.05) is 5.56 Å². The van der Waals surface area contributed by atoms with Crippen molar-refractivity contribution in [3.8, 4) is 0 Å². The molecule has 1 amide bonds. The van der Waals surface area contributed by atoms with Crippen molar-refractivity contribution in [3.05, 3.63) is 102 Å². The molecule has 0 fully saturated rings.